The lowest BCUT2D eigenvalue weighted by molar-refractivity contribution is -0.372. The summed E-state index contributed by atoms with van der Waals surface area (Å²) in [5, 5.41) is 108. The molecule has 27 N–H and O–H groups in total. The van der Waals surface area contributed by atoms with E-state index in [0.29, 0.717) is 22.3 Å². The highest BCUT2D eigenvalue weighted by Crippen LogP contribution is 2.35. The zero-order valence-corrected chi connectivity index (χ0v) is 58.3. The van der Waals surface area contributed by atoms with Gasteiger partial charge in [-0.2, -0.15) is 8.42 Å². The number of hydrogen-bond acceptors (Lipinski definition) is 33. The molecule has 0 aromatic carbocycles. The van der Waals surface area contributed by atoms with Gasteiger partial charge < -0.3 is 130 Å². The molecule has 0 bridgehead atoms. The first-order valence-electron chi connectivity index (χ1n) is 30.5. The second-order valence-corrected chi connectivity index (χ2v) is 28.3. The van der Waals surface area contributed by atoms with E-state index in [9.17, 15) is 74.4 Å². The Labute approximate surface area is 586 Å². The van der Waals surface area contributed by atoms with E-state index in [2.05, 4.69) is 74.3 Å². The number of H-pyrrole nitrogens is 1. The third kappa shape index (κ3) is 24.6. The van der Waals surface area contributed by atoms with Crippen molar-refractivity contribution in [3.8, 4) is 10.7 Å². The van der Waals surface area contributed by atoms with Crippen LogP contribution in [0.4, 0.5) is 10.6 Å². The monoisotopic (exact) mass is 1510 g/mol. The highest BCUT2D eigenvalue weighted by atomic mass is 32.3. The fraction of sp³-hybridized carbons (Fsp3) is 0.618. The summed E-state index contributed by atoms with van der Waals surface area (Å²) in [6, 6.07) is -7.85. The zero-order valence-electron chi connectivity index (χ0n) is 55.0. The van der Waals surface area contributed by atoms with Gasteiger partial charge in [-0.25, -0.2) is 29.7 Å². The number of aromatic nitrogens is 6. The fourth-order valence-corrected chi connectivity index (χ4v) is 12.1. The maximum absolute atomic E-state index is 15.2. The lowest BCUT2D eigenvalue weighted by Gasteiger charge is -2.47. The number of nitrogens with zero attached hydrogens (tertiary/aromatic N) is 5. The number of nitrogen functional groups attached to an aromatic ring is 1. The molecule has 19 atom stereocenters. The lowest BCUT2D eigenvalue weighted by atomic mass is 9.96. The van der Waals surface area contributed by atoms with Crippen LogP contribution in [0.5, 0.6) is 0 Å². The summed E-state index contributed by atoms with van der Waals surface area (Å²) in [4.78, 5) is 131. The number of amides is 8. The van der Waals surface area contributed by atoms with Crippen molar-refractivity contribution in [2.45, 2.75) is 157 Å². The summed E-state index contributed by atoms with van der Waals surface area (Å²) in [7, 11) is -4.41. The van der Waals surface area contributed by atoms with Crippen molar-refractivity contribution in [2.75, 3.05) is 56.8 Å². The van der Waals surface area contributed by atoms with Crippen molar-refractivity contribution in [3.05, 3.63) is 56.8 Å². The molecule has 6 heterocycles. The smallest absolute Gasteiger partial charge is 0.404 e. The Balaban J connectivity index is 0.00000354. The first-order chi connectivity index (χ1) is 47.3. The van der Waals surface area contributed by atoms with Gasteiger partial charge in [-0.1, -0.05) is 6.92 Å². The van der Waals surface area contributed by atoms with E-state index in [1.807, 2.05) is 0 Å². The van der Waals surface area contributed by atoms with E-state index in [0.717, 1.165) is 24.7 Å². The number of thiazole rings is 2. The van der Waals surface area contributed by atoms with Crippen LogP contribution < -0.4 is 60.6 Å². The number of nitrogens with one attached hydrogen (secondary N) is 7. The first kappa shape index (κ1) is 84.2. The molecule has 101 heavy (non-hydrogen) atoms. The normalized spacial score (nSPS) is 23.4. The van der Waals surface area contributed by atoms with Gasteiger partial charge in [-0.15, -0.1) is 22.7 Å². The average molecular weight is 1510 g/mol. The van der Waals surface area contributed by atoms with Crippen LogP contribution in [0, 0.1) is 12.8 Å². The van der Waals surface area contributed by atoms with Crippen LogP contribution in [0.25, 0.3) is 10.7 Å². The molecule has 0 radical (unpaired) electrons. The minimum absolute atomic E-state index is 0.00498. The van der Waals surface area contributed by atoms with Crippen molar-refractivity contribution >= 4 is 97.2 Å². The summed E-state index contributed by atoms with van der Waals surface area (Å²) < 4.78 is 60.3. The number of hydrogen-bond donors (Lipinski definition) is 22. The molecule has 6 rings (SSSR count). The number of imidazole rings is 1. The number of anilines is 1. The van der Waals surface area contributed by atoms with Gasteiger partial charge in [0, 0.05) is 55.2 Å². The summed E-state index contributed by atoms with van der Waals surface area (Å²) in [5.41, 5.74) is 28.1. The number of nitrogens with two attached hydrogens (primary N) is 5. The molecule has 2 saturated heterocycles. The highest BCUT2D eigenvalue weighted by molar-refractivity contribution is 7.95. The van der Waals surface area contributed by atoms with E-state index in [1.165, 1.54) is 50.4 Å². The molecular formula is C55H86N17O25S4+. The average Bonchev–Trinajstić information content (AvgIpc) is 1.16. The third-order valence-corrected chi connectivity index (χ3v) is 18.2. The predicted molar refractivity (Wildman–Crippen MR) is 353 cm³/mol. The van der Waals surface area contributed by atoms with Crippen LogP contribution >= 0.6 is 22.7 Å². The van der Waals surface area contributed by atoms with Gasteiger partial charge in [0.05, 0.1) is 85.2 Å². The molecule has 19 unspecified atom stereocenters. The Morgan fingerprint density at radius 1 is 0.782 bits per heavy atom. The minimum Gasteiger partial charge on any atom is -0.441 e. The number of carbonyl (C=O) groups excluding carboxylic acids is 8. The number of primary amides is 3. The van der Waals surface area contributed by atoms with E-state index in [-0.39, 0.29) is 64.9 Å². The van der Waals surface area contributed by atoms with E-state index < -0.39 is 193 Å². The minimum atomic E-state index is -4.67. The highest BCUT2D eigenvalue weighted by Gasteiger charge is 2.54. The van der Waals surface area contributed by atoms with Gasteiger partial charge in [0.25, 0.3) is 11.8 Å². The van der Waals surface area contributed by atoms with Gasteiger partial charge in [0.15, 0.2) is 18.7 Å². The molecule has 4 aromatic heterocycles. The summed E-state index contributed by atoms with van der Waals surface area (Å²) in [6.45, 7) is 3.18. The number of ether oxygens (including phenoxy) is 5. The van der Waals surface area contributed by atoms with Crippen molar-refractivity contribution in [3.63, 3.8) is 0 Å². The third-order valence-electron chi connectivity index (χ3n) is 15.3. The Morgan fingerprint density at radius 2 is 1.44 bits per heavy atom. The summed E-state index contributed by atoms with van der Waals surface area (Å²) in [6.07, 6.45) is -20.0. The maximum Gasteiger partial charge on any atom is 0.404 e. The molecule has 8 amide bonds. The first-order valence-corrected chi connectivity index (χ1v) is 35.9. The Kier molecular flexibility index (Phi) is 32.3. The molecule has 564 valence electrons. The molecule has 46 heteroatoms. The molecule has 42 nitrogen and oxygen atoms in total. The molecule has 2 aliphatic heterocycles. The Hall–Kier alpha value is -7.43. The van der Waals surface area contributed by atoms with Gasteiger partial charge in [-0.3, -0.25) is 42.7 Å². The lowest BCUT2D eigenvalue weighted by Crippen LogP contribution is -2.65. The van der Waals surface area contributed by atoms with Crippen molar-refractivity contribution in [1.29, 1.82) is 0 Å². The van der Waals surface area contributed by atoms with Crippen LogP contribution in [-0.4, -0.2) is 285 Å². The van der Waals surface area contributed by atoms with Crippen molar-refractivity contribution in [1.82, 2.24) is 61.8 Å². The van der Waals surface area contributed by atoms with E-state index in [1.54, 1.807) is 10.8 Å². The van der Waals surface area contributed by atoms with Crippen LogP contribution in [0.3, 0.4) is 0 Å². The predicted octanol–water partition coefficient (Wildman–Crippen LogP) is -8.36. The van der Waals surface area contributed by atoms with Gasteiger partial charge in [0.2, 0.25) is 29.5 Å². The largest absolute Gasteiger partial charge is 0.441 e. The van der Waals surface area contributed by atoms with Crippen LogP contribution in [0.2, 0.25) is 0 Å². The molecule has 2 aliphatic rings. The molecular weight excluding hydrogens is 1430 g/mol. The van der Waals surface area contributed by atoms with Gasteiger partial charge >= 0.3 is 16.5 Å². The summed E-state index contributed by atoms with van der Waals surface area (Å²) >= 11 is 2.52. The Morgan fingerprint density at radius 3 is 2.03 bits per heavy atom. The topological polar surface area (TPSA) is 702 Å². The molecule has 2 fully saturated rings. The standard InChI is InChI=1S/C55H83N17O21S3.H2O4S/c1-20-33(69-46(72-44(20)58)25(12-31(57)76)64-13-24(56)45(59)82)50(86)71-35(41(26-14-61-19-65-26)91-54-43(39(80)37(78)29(15-73)90-54)92-53-40(81)42(93-55(60)88)38(79)30(16-74)89-53)51(87)66-22(3)36(77)21(2)47(83)70-34(23(4)75)49(85)63-10-8-32-67-28(18-94-32)52-68-27(17-95-52)48(84)62-9-7-11-96(5)6;1-5(2,3)4/h14,17-19,21-25,29-30,34-43,53-54,64,73-75,77-81H,7-13,15-16,56H2,1-6H3,(H13-,57,58,59,60,61,62,63,65,66,69,70,71,72,76,82,83,84,85,86,87,88);(H2,1,2,3,4)/p+1. The van der Waals surface area contributed by atoms with Gasteiger partial charge in [0.1, 0.15) is 100 Å². The van der Waals surface area contributed by atoms with Crippen molar-refractivity contribution < 1.29 is 120 Å². The number of aromatic amines is 1. The Bertz CT molecular complexity index is 3540. The van der Waals surface area contributed by atoms with Gasteiger partial charge in [-0.05, 0) is 31.7 Å². The van der Waals surface area contributed by atoms with Crippen LogP contribution in [0.15, 0.2) is 23.3 Å². The van der Waals surface area contributed by atoms with Crippen LogP contribution in [-0.2, 0) is 75.4 Å². The van der Waals surface area contributed by atoms with E-state index in [4.69, 9.17) is 69.9 Å². The second kappa shape index (κ2) is 38.7. The number of aliphatic hydroxyl groups is 8. The number of rotatable bonds is 35. The molecule has 0 saturated carbocycles. The van der Waals surface area contributed by atoms with Crippen molar-refractivity contribution in [2.24, 2.45) is 28.9 Å². The molecule has 0 spiro atoms. The summed E-state index contributed by atoms with van der Waals surface area (Å²) in [5.74, 6) is -7.69. The van der Waals surface area contributed by atoms with Crippen LogP contribution in [0.1, 0.15) is 88.8 Å². The fourth-order valence-electron chi connectivity index (χ4n) is 9.80. The molecule has 0 aliphatic carbocycles. The molecule has 4 aromatic rings. The second-order valence-electron chi connectivity index (χ2n) is 23.3. The quantitative estimate of drug-likeness (QED) is 0.0116. The zero-order chi connectivity index (χ0) is 75.5. The van der Waals surface area contributed by atoms with E-state index >= 15 is 4.79 Å². The maximum atomic E-state index is 15.2. The number of carbonyl (C=O) groups is 8. The number of aliphatic hydroxyl groups excluding tert-OH is 8. The SMILES string of the molecule is Cc1c(N)nc(C(CC(N)=O)NCC(N)C(N)=O)nc1C(=O)NC(C(=O)NC(C)C(O)C(C)C(=O)NC(C(=O)NCCc1nc(-c2nc(C(=O)NCCC[S+](C)C)cs2)cs1)C(C)O)C(OC1OC(CO)C(O)C(O)C1OC1OC(CO)C(O)C(OC(N)=O)C1O)c1cnc[nH]1.O=S(=O)(O)O.